The number of aromatic nitrogens is 2. The molecule has 88 valence electrons. The average molecular weight is 232 g/mol. The number of aryl methyl sites for hydroxylation is 1. The molecule has 0 saturated carbocycles. The van der Waals surface area contributed by atoms with Crippen molar-refractivity contribution in [1.82, 2.24) is 9.55 Å². The summed E-state index contributed by atoms with van der Waals surface area (Å²) in [6.45, 7) is 1.70. The van der Waals surface area contributed by atoms with Crippen LogP contribution in [0.3, 0.4) is 0 Å². The van der Waals surface area contributed by atoms with Crippen LogP contribution in [0, 0.1) is 6.92 Å². The van der Waals surface area contributed by atoms with Gasteiger partial charge in [0.15, 0.2) is 0 Å². The second-order valence-electron chi connectivity index (χ2n) is 3.62. The lowest BCUT2D eigenvalue weighted by atomic mass is 10.3. The summed E-state index contributed by atoms with van der Waals surface area (Å²) in [7, 11) is 1.56. The number of nitrogens with one attached hydrogen (secondary N) is 1. The van der Waals surface area contributed by atoms with Crippen LogP contribution in [0.5, 0.6) is 5.75 Å². The fourth-order valence-corrected chi connectivity index (χ4v) is 1.68. The molecule has 0 amide bonds. The van der Waals surface area contributed by atoms with E-state index < -0.39 is 11.2 Å². The van der Waals surface area contributed by atoms with Crippen LogP contribution in [-0.4, -0.2) is 16.7 Å². The van der Waals surface area contributed by atoms with Crippen molar-refractivity contribution in [2.24, 2.45) is 0 Å². The topological polar surface area (TPSA) is 64.1 Å². The molecule has 0 bridgehead atoms. The Balaban J connectivity index is 2.68. The van der Waals surface area contributed by atoms with Crippen molar-refractivity contribution >= 4 is 0 Å². The molecule has 0 spiro atoms. The maximum absolute atomic E-state index is 11.7. The number of benzene rings is 1. The molecule has 5 heteroatoms. The summed E-state index contributed by atoms with van der Waals surface area (Å²) in [5.74, 6) is 0.653. The van der Waals surface area contributed by atoms with Crippen LogP contribution in [0.2, 0.25) is 0 Å². The standard InChI is InChI=1S/C12H12N2O3/c1-8-6-11(15)13-12(16)14(8)9-4-3-5-10(7-9)17-2/h3-7H,1-2H3,(H,13,15,16). The van der Waals surface area contributed by atoms with Gasteiger partial charge in [0.2, 0.25) is 0 Å². The van der Waals surface area contributed by atoms with Crippen molar-refractivity contribution in [3.63, 3.8) is 0 Å². The van der Waals surface area contributed by atoms with E-state index >= 15 is 0 Å². The minimum atomic E-state index is -0.455. The SMILES string of the molecule is COc1cccc(-n2c(C)cc(=O)[nH]c2=O)c1. The van der Waals surface area contributed by atoms with Crippen molar-refractivity contribution in [3.8, 4) is 11.4 Å². The van der Waals surface area contributed by atoms with Crippen LogP contribution in [0.25, 0.3) is 5.69 Å². The van der Waals surface area contributed by atoms with E-state index in [1.807, 2.05) is 0 Å². The predicted octanol–water partition coefficient (Wildman–Crippen LogP) is 0.843. The lowest BCUT2D eigenvalue weighted by Crippen LogP contribution is -2.29. The van der Waals surface area contributed by atoms with E-state index in [1.165, 1.54) is 10.6 Å². The molecule has 0 atom stereocenters. The Kier molecular flexibility index (Phi) is 2.82. The second-order valence-corrected chi connectivity index (χ2v) is 3.62. The normalized spacial score (nSPS) is 10.2. The van der Waals surface area contributed by atoms with E-state index in [-0.39, 0.29) is 0 Å². The fraction of sp³-hybridized carbons (Fsp3) is 0.167. The summed E-state index contributed by atoms with van der Waals surface area (Å²) in [6, 6.07) is 8.45. The van der Waals surface area contributed by atoms with E-state index in [1.54, 1.807) is 38.3 Å². The summed E-state index contributed by atoms with van der Waals surface area (Å²) < 4.78 is 6.51. The number of aromatic amines is 1. The Hall–Kier alpha value is -2.30. The summed E-state index contributed by atoms with van der Waals surface area (Å²) in [6.07, 6.45) is 0. The first-order chi connectivity index (χ1) is 8.11. The summed E-state index contributed by atoms with van der Waals surface area (Å²) in [5.41, 5.74) is 0.380. The van der Waals surface area contributed by atoms with E-state index in [9.17, 15) is 9.59 Å². The molecular weight excluding hydrogens is 220 g/mol. The zero-order valence-electron chi connectivity index (χ0n) is 9.56. The van der Waals surface area contributed by atoms with Gasteiger partial charge in [-0.2, -0.15) is 0 Å². The Morgan fingerprint density at radius 1 is 1.24 bits per heavy atom. The van der Waals surface area contributed by atoms with Crippen LogP contribution in [-0.2, 0) is 0 Å². The third-order valence-electron chi connectivity index (χ3n) is 2.44. The molecular formula is C12H12N2O3. The Morgan fingerprint density at radius 3 is 2.65 bits per heavy atom. The van der Waals surface area contributed by atoms with E-state index in [0.29, 0.717) is 17.1 Å². The molecule has 5 nitrogen and oxygen atoms in total. The molecule has 1 aromatic carbocycles. The number of methoxy groups -OCH3 is 1. The van der Waals surface area contributed by atoms with Crippen LogP contribution in [0.1, 0.15) is 5.69 Å². The number of rotatable bonds is 2. The average Bonchev–Trinajstić information content (AvgIpc) is 2.28. The van der Waals surface area contributed by atoms with Gasteiger partial charge in [0.1, 0.15) is 5.75 Å². The van der Waals surface area contributed by atoms with Crippen molar-refractivity contribution in [3.05, 3.63) is 56.9 Å². The van der Waals surface area contributed by atoms with Gasteiger partial charge in [-0.05, 0) is 19.1 Å². The molecule has 1 N–H and O–H groups in total. The number of hydrogen-bond donors (Lipinski definition) is 1. The predicted molar refractivity (Wildman–Crippen MR) is 63.9 cm³/mol. The van der Waals surface area contributed by atoms with Crippen molar-refractivity contribution in [2.75, 3.05) is 7.11 Å². The monoisotopic (exact) mass is 232 g/mol. The lowest BCUT2D eigenvalue weighted by molar-refractivity contribution is 0.414. The second kappa shape index (κ2) is 4.29. The number of ether oxygens (including phenoxy) is 1. The van der Waals surface area contributed by atoms with Crippen LogP contribution < -0.4 is 16.0 Å². The molecule has 0 saturated heterocycles. The molecule has 2 rings (SSSR count). The van der Waals surface area contributed by atoms with Gasteiger partial charge >= 0.3 is 5.69 Å². The maximum Gasteiger partial charge on any atom is 0.333 e. The van der Waals surface area contributed by atoms with Gasteiger partial charge in [0, 0.05) is 17.8 Å². The smallest absolute Gasteiger partial charge is 0.333 e. The van der Waals surface area contributed by atoms with E-state index in [0.717, 1.165) is 0 Å². The molecule has 0 fully saturated rings. The van der Waals surface area contributed by atoms with Crippen LogP contribution in [0.15, 0.2) is 39.9 Å². The van der Waals surface area contributed by atoms with Crippen LogP contribution in [0.4, 0.5) is 0 Å². The molecule has 0 radical (unpaired) electrons. The summed E-state index contributed by atoms with van der Waals surface area (Å²) in [5, 5.41) is 0. The zero-order valence-corrected chi connectivity index (χ0v) is 9.56. The largest absolute Gasteiger partial charge is 0.497 e. The third kappa shape index (κ3) is 2.13. The van der Waals surface area contributed by atoms with Crippen molar-refractivity contribution in [1.29, 1.82) is 0 Å². The van der Waals surface area contributed by atoms with Crippen molar-refractivity contribution in [2.45, 2.75) is 6.92 Å². The highest BCUT2D eigenvalue weighted by Crippen LogP contribution is 2.15. The van der Waals surface area contributed by atoms with E-state index in [2.05, 4.69) is 4.98 Å². The first-order valence-electron chi connectivity index (χ1n) is 5.09. The third-order valence-corrected chi connectivity index (χ3v) is 2.44. The molecule has 0 aliphatic heterocycles. The first-order valence-corrected chi connectivity index (χ1v) is 5.09. The van der Waals surface area contributed by atoms with Gasteiger partial charge in [-0.3, -0.25) is 14.3 Å². The Bertz CT molecular complexity index is 655. The molecule has 1 aromatic heterocycles. The first kappa shape index (κ1) is 11.2. The highest BCUT2D eigenvalue weighted by Gasteiger charge is 2.05. The highest BCUT2D eigenvalue weighted by molar-refractivity contribution is 5.40. The van der Waals surface area contributed by atoms with Gasteiger partial charge < -0.3 is 4.74 Å². The van der Waals surface area contributed by atoms with Crippen molar-refractivity contribution < 1.29 is 4.74 Å². The molecule has 0 unspecified atom stereocenters. The molecule has 17 heavy (non-hydrogen) atoms. The molecule has 2 aromatic rings. The fourth-order valence-electron chi connectivity index (χ4n) is 1.68. The van der Waals surface area contributed by atoms with Gasteiger partial charge in [-0.1, -0.05) is 6.07 Å². The Morgan fingerprint density at radius 2 is 2.00 bits per heavy atom. The van der Waals surface area contributed by atoms with Gasteiger partial charge in [0.25, 0.3) is 5.56 Å². The minimum Gasteiger partial charge on any atom is -0.497 e. The number of H-pyrrole nitrogens is 1. The zero-order chi connectivity index (χ0) is 12.4. The van der Waals surface area contributed by atoms with E-state index in [4.69, 9.17) is 4.74 Å². The molecule has 0 aliphatic carbocycles. The molecule has 1 heterocycles. The maximum atomic E-state index is 11.7. The van der Waals surface area contributed by atoms with Gasteiger partial charge in [0.05, 0.1) is 12.8 Å². The van der Waals surface area contributed by atoms with Gasteiger partial charge in [-0.25, -0.2) is 4.79 Å². The molecule has 0 aliphatic rings. The number of hydrogen-bond acceptors (Lipinski definition) is 3. The Labute approximate surface area is 97.3 Å². The summed E-state index contributed by atoms with van der Waals surface area (Å²) in [4.78, 5) is 25.1. The quantitative estimate of drug-likeness (QED) is 0.834. The lowest BCUT2D eigenvalue weighted by Gasteiger charge is -2.09. The summed E-state index contributed by atoms with van der Waals surface area (Å²) >= 11 is 0. The van der Waals surface area contributed by atoms with Crippen LogP contribution >= 0.6 is 0 Å². The number of nitrogens with zero attached hydrogens (tertiary/aromatic N) is 1. The minimum absolute atomic E-state index is 0.397. The highest BCUT2D eigenvalue weighted by atomic mass is 16.5. The van der Waals surface area contributed by atoms with Gasteiger partial charge in [-0.15, -0.1) is 0 Å².